The van der Waals surface area contributed by atoms with Crippen LogP contribution in [0.3, 0.4) is 0 Å². The van der Waals surface area contributed by atoms with Crippen molar-refractivity contribution in [3.05, 3.63) is 29.8 Å². The number of anilines is 1. The van der Waals surface area contributed by atoms with Crippen LogP contribution in [0.25, 0.3) is 0 Å². The molecule has 2 saturated carbocycles. The molecule has 0 aromatic heterocycles. The molecule has 6 heteroatoms. The third-order valence-corrected chi connectivity index (χ3v) is 5.56. The highest BCUT2D eigenvalue weighted by molar-refractivity contribution is 6.00. The standard InChI is InChI=1S/C20H25N3O3/c1-12-10-16(12)18(24)22-15-5-2-4-13(11-15)20(26)23-9-3-6-17(23)19(25)21-14-7-8-14/h2,4-5,11-12,14,16-17H,3,6-10H2,1H3,(H,21,25)(H,22,24). The van der Waals surface area contributed by atoms with Crippen molar-refractivity contribution >= 4 is 23.4 Å². The smallest absolute Gasteiger partial charge is 0.254 e. The molecule has 1 heterocycles. The fourth-order valence-electron chi connectivity index (χ4n) is 3.63. The van der Waals surface area contributed by atoms with Gasteiger partial charge in [-0.1, -0.05) is 13.0 Å². The summed E-state index contributed by atoms with van der Waals surface area (Å²) in [5, 5.41) is 5.90. The molecule has 1 aromatic carbocycles. The summed E-state index contributed by atoms with van der Waals surface area (Å²) in [6, 6.07) is 6.93. The highest BCUT2D eigenvalue weighted by Gasteiger charge is 2.39. The monoisotopic (exact) mass is 355 g/mol. The average Bonchev–Trinajstić information content (AvgIpc) is 3.53. The Morgan fingerprint density at radius 3 is 2.58 bits per heavy atom. The molecule has 0 spiro atoms. The second-order valence-corrected chi connectivity index (χ2v) is 7.83. The summed E-state index contributed by atoms with van der Waals surface area (Å²) in [6.07, 6.45) is 4.54. The normalized spacial score (nSPS) is 27.1. The van der Waals surface area contributed by atoms with E-state index >= 15 is 0 Å². The highest BCUT2D eigenvalue weighted by Crippen LogP contribution is 2.38. The molecular weight excluding hydrogens is 330 g/mol. The van der Waals surface area contributed by atoms with E-state index in [4.69, 9.17) is 0 Å². The van der Waals surface area contributed by atoms with Crippen molar-refractivity contribution in [2.24, 2.45) is 11.8 Å². The fraction of sp³-hybridized carbons (Fsp3) is 0.550. The molecule has 3 amide bonds. The number of nitrogens with zero attached hydrogens (tertiary/aromatic N) is 1. The van der Waals surface area contributed by atoms with E-state index in [2.05, 4.69) is 17.6 Å². The zero-order valence-corrected chi connectivity index (χ0v) is 15.0. The molecule has 138 valence electrons. The Hall–Kier alpha value is -2.37. The van der Waals surface area contributed by atoms with Crippen molar-refractivity contribution in [2.75, 3.05) is 11.9 Å². The molecule has 2 N–H and O–H groups in total. The Morgan fingerprint density at radius 2 is 1.88 bits per heavy atom. The van der Waals surface area contributed by atoms with E-state index < -0.39 is 0 Å². The number of hydrogen-bond donors (Lipinski definition) is 2. The fourth-order valence-corrected chi connectivity index (χ4v) is 3.63. The average molecular weight is 355 g/mol. The van der Waals surface area contributed by atoms with Crippen LogP contribution in [0.1, 0.15) is 49.4 Å². The first kappa shape index (κ1) is 17.1. The number of carbonyl (C=O) groups is 3. The molecule has 3 unspecified atom stereocenters. The Kier molecular flexibility index (Phi) is 4.42. The second kappa shape index (κ2) is 6.74. The molecule has 3 fully saturated rings. The van der Waals surface area contributed by atoms with Crippen molar-refractivity contribution in [1.29, 1.82) is 0 Å². The van der Waals surface area contributed by atoms with Gasteiger partial charge in [0.15, 0.2) is 0 Å². The Labute approximate surface area is 153 Å². The maximum atomic E-state index is 12.9. The molecule has 0 radical (unpaired) electrons. The molecule has 3 aliphatic rings. The van der Waals surface area contributed by atoms with Gasteiger partial charge in [-0.15, -0.1) is 0 Å². The van der Waals surface area contributed by atoms with Crippen molar-refractivity contribution in [3.63, 3.8) is 0 Å². The number of hydrogen-bond acceptors (Lipinski definition) is 3. The lowest BCUT2D eigenvalue weighted by molar-refractivity contribution is -0.125. The van der Waals surface area contributed by atoms with E-state index in [0.717, 1.165) is 25.7 Å². The highest BCUT2D eigenvalue weighted by atomic mass is 16.2. The van der Waals surface area contributed by atoms with E-state index in [0.29, 0.717) is 36.2 Å². The Balaban J connectivity index is 1.44. The van der Waals surface area contributed by atoms with Crippen molar-refractivity contribution in [2.45, 2.75) is 51.1 Å². The number of likely N-dealkylation sites (tertiary alicyclic amines) is 1. The van der Waals surface area contributed by atoms with Gasteiger partial charge in [0.1, 0.15) is 6.04 Å². The molecule has 3 atom stereocenters. The molecular formula is C20H25N3O3. The van der Waals surface area contributed by atoms with Gasteiger partial charge in [-0.05, 0) is 56.2 Å². The third kappa shape index (κ3) is 3.59. The van der Waals surface area contributed by atoms with E-state index in [1.54, 1.807) is 29.2 Å². The van der Waals surface area contributed by atoms with Gasteiger partial charge in [0.05, 0.1) is 0 Å². The third-order valence-electron chi connectivity index (χ3n) is 5.56. The zero-order chi connectivity index (χ0) is 18.3. The van der Waals surface area contributed by atoms with Gasteiger partial charge in [-0.2, -0.15) is 0 Å². The van der Waals surface area contributed by atoms with Crippen LogP contribution in [0.5, 0.6) is 0 Å². The van der Waals surface area contributed by atoms with Gasteiger partial charge < -0.3 is 15.5 Å². The lowest BCUT2D eigenvalue weighted by Gasteiger charge is -2.24. The second-order valence-electron chi connectivity index (χ2n) is 7.83. The lowest BCUT2D eigenvalue weighted by atomic mass is 10.1. The van der Waals surface area contributed by atoms with Crippen LogP contribution in [-0.4, -0.2) is 41.2 Å². The maximum absolute atomic E-state index is 12.9. The number of benzene rings is 1. The summed E-state index contributed by atoms with van der Waals surface area (Å²) in [5.41, 5.74) is 1.15. The number of nitrogens with one attached hydrogen (secondary N) is 2. The van der Waals surface area contributed by atoms with Crippen molar-refractivity contribution in [1.82, 2.24) is 10.2 Å². The minimum Gasteiger partial charge on any atom is -0.352 e. The van der Waals surface area contributed by atoms with Crippen LogP contribution in [0.4, 0.5) is 5.69 Å². The summed E-state index contributed by atoms with van der Waals surface area (Å²) in [5.74, 6) is 0.364. The minimum absolute atomic E-state index is 0.0185. The Morgan fingerprint density at radius 1 is 1.12 bits per heavy atom. The predicted molar refractivity (Wildman–Crippen MR) is 97.6 cm³/mol. The summed E-state index contributed by atoms with van der Waals surface area (Å²) >= 11 is 0. The van der Waals surface area contributed by atoms with Crippen LogP contribution >= 0.6 is 0 Å². The minimum atomic E-state index is -0.381. The van der Waals surface area contributed by atoms with Crippen LogP contribution in [0.15, 0.2) is 24.3 Å². The van der Waals surface area contributed by atoms with Crippen LogP contribution in [-0.2, 0) is 9.59 Å². The van der Waals surface area contributed by atoms with E-state index in [1.807, 2.05) is 0 Å². The van der Waals surface area contributed by atoms with Crippen LogP contribution in [0, 0.1) is 11.8 Å². The summed E-state index contributed by atoms with van der Waals surface area (Å²) < 4.78 is 0. The van der Waals surface area contributed by atoms with Crippen LogP contribution in [0.2, 0.25) is 0 Å². The molecule has 4 rings (SSSR count). The molecule has 2 aliphatic carbocycles. The number of carbonyl (C=O) groups excluding carboxylic acids is 3. The molecule has 0 bridgehead atoms. The van der Waals surface area contributed by atoms with Crippen molar-refractivity contribution < 1.29 is 14.4 Å². The zero-order valence-electron chi connectivity index (χ0n) is 15.0. The van der Waals surface area contributed by atoms with Crippen molar-refractivity contribution in [3.8, 4) is 0 Å². The number of rotatable bonds is 5. The van der Waals surface area contributed by atoms with Crippen LogP contribution < -0.4 is 10.6 Å². The predicted octanol–water partition coefficient (Wildman–Crippen LogP) is 2.16. The maximum Gasteiger partial charge on any atom is 0.254 e. The molecule has 6 nitrogen and oxygen atoms in total. The first-order valence-corrected chi connectivity index (χ1v) is 9.55. The van der Waals surface area contributed by atoms with Gasteiger partial charge in [0, 0.05) is 29.8 Å². The SMILES string of the molecule is CC1CC1C(=O)Nc1cccc(C(=O)N2CCCC2C(=O)NC2CC2)c1. The van der Waals surface area contributed by atoms with E-state index in [1.165, 1.54) is 0 Å². The quantitative estimate of drug-likeness (QED) is 0.850. The van der Waals surface area contributed by atoms with Gasteiger partial charge >= 0.3 is 0 Å². The Bertz CT molecular complexity index is 744. The summed E-state index contributed by atoms with van der Waals surface area (Å²) in [7, 11) is 0. The largest absolute Gasteiger partial charge is 0.352 e. The van der Waals surface area contributed by atoms with E-state index in [9.17, 15) is 14.4 Å². The van der Waals surface area contributed by atoms with Gasteiger partial charge in [0.2, 0.25) is 11.8 Å². The summed E-state index contributed by atoms with van der Waals surface area (Å²) in [6.45, 7) is 2.65. The first-order chi connectivity index (χ1) is 12.5. The lowest BCUT2D eigenvalue weighted by Crippen LogP contribution is -2.46. The molecule has 26 heavy (non-hydrogen) atoms. The topological polar surface area (TPSA) is 78.5 Å². The number of amides is 3. The summed E-state index contributed by atoms with van der Waals surface area (Å²) in [4.78, 5) is 39.1. The van der Waals surface area contributed by atoms with Gasteiger partial charge in [-0.25, -0.2) is 0 Å². The molecule has 1 saturated heterocycles. The first-order valence-electron chi connectivity index (χ1n) is 9.55. The van der Waals surface area contributed by atoms with Gasteiger partial charge in [0.25, 0.3) is 5.91 Å². The molecule has 1 aromatic rings. The van der Waals surface area contributed by atoms with Gasteiger partial charge in [-0.3, -0.25) is 14.4 Å². The molecule has 1 aliphatic heterocycles. The van der Waals surface area contributed by atoms with E-state index in [-0.39, 0.29) is 29.7 Å².